The third-order valence-electron chi connectivity index (χ3n) is 4.28. The summed E-state index contributed by atoms with van der Waals surface area (Å²) >= 11 is 0. The molecule has 2 rings (SSSR count). The fourth-order valence-corrected chi connectivity index (χ4v) is 2.91. The van der Waals surface area contributed by atoms with Gasteiger partial charge in [0.2, 0.25) is 0 Å². The highest BCUT2D eigenvalue weighted by Gasteiger charge is 2.30. The second-order valence-corrected chi connectivity index (χ2v) is 5.72. The lowest BCUT2D eigenvalue weighted by Gasteiger charge is -2.34. The molecule has 0 amide bonds. The predicted molar refractivity (Wildman–Crippen MR) is 85.2 cm³/mol. The average molecular weight is 252 g/mol. The molecule has 0 saturated carbocycles. The number of hydrogen-bond donors (Lipinski definition) is 0. The van der Waals surface area contributed by atoms with Crippen LogP contribution < -0.4 is 0 Å². The minimum absolute atomic E-state index is 0.0970. The van der Waals surface area contributed by atoms with Gasteiger partial charge in [0, 0.05) is 5.41 Å². The lowest BCUT2D eigenvalue weighted by Crippen LogP contribution is -2.20. The van der Waals surface area contributed by atoms with Gasteiger partial charge in [-0.3, -0.25) is 0 Å². The van der Waals surface area contributed by atoms with E-state index >= 15 is 0 Å². The molecule has 19 heavy (non-hydrogen) atoms. The van der Waals surface area contributed by atoms with Gasteiger partial charge < -0.3 is 0 Å². The number of hydrogen-bond acceptors (Lipinski definition) is 0. The lowest BCUT2D eigenvalue weighted by atomic mass is 9.70. The summed E-state index contributed by atoms with van der Waals surface area (Å²) in [5, 5.41) is 0. The second kappa shape index (κ2) is 5.61. The molecule has 0 aliphatic heterocycles. The molecule has 0 saturated heterocycles. The van der Waals surface area contributed by atoms with E-state index in [0.717, 1.165) is 12.8 Å². The molecule has 1 aromatic rings. The van der Waals surface area contributed by atoms with Crippen molar-refractivity contribution in [3.05, 3.63) is 66.3 Å². The van der Waals surface area contributed by atoms with Crippen LogP contribution in [0.3, 0.4) is 0 Å². The lowest BCUT2D eigenvalue weighted by molar-refractivity contribution is 0.496. The van der Waals surface area contributed by atoms with E-state index in [1.807, 2.05) is 0 Å². The zero-order chi connectivity index (χ0) is 13.9. The first-order valence-corrected chi connectivity index (χ1v) is 7.24. The summed E-state index contributed by atoms with van der Waals surface area (Å²) in [4.78, 5) is 0. The number of rotatable bonds is 4. The Morgan fingerprint density at radius 2 is 2.00 bits per heavy atom. The molecule has 0 aromatic heterocycles. The second-order valence-electron chi connectivity index (χ2n) is 5.72. The monoisotopic (exact) mass is 252 g/mol. The van der Waals surface area contributed by atoms with Crippen LogP contribution in [0.2, 0.25) is 0 Å². The Bertz CT molecular complexity index is 517. The van der Waals surface area contributed by atoms with Gasteiger partial charge in [-0.1, -0.05) is 75.9 Å². The van der Waals surface area contributed by atoms with E-state index in [0.29, 0.717) is 5.92 Å². The third kappa shape index (κ3) is 2.58. The molecule has 1 aromatic carbocycles. The molecule has 100 valence electrons. The summed E-state index contributed by atoms with van der Waals surface area (Å²) in [6.07, 6.45) is 11.0. The molecule has 0 nitrogen and oxygen atoms in total. The van der Waals surface area contributed by atoms with E-state index in [2.05, 4.69) is 75.9 Å². The molecule has 0 fully saturated rings. The first-order chi connectivity index (χ1) is 9.10. The predicted octanol–water partition coefficient (Wildman–Crippen LogP) is 5.74. The van der Waals surface area contributed by atoms with Crippen LogP contribution in [0.25, 0.3) is 5.57 Å². The largest absolute Gasteiger partial charge is 0.0943 e. The van der Waals surface area contributed by atoms with Crippen molar-refractivity contribution in [1.82, 2.24) is 0 Å². The van der Waals surface area contributed by atoms with E-state index in [4.69, 9.17) is 0 Å². The first kappa shape index (κ1) is 13.9. The molecule has 1 unspecified atom stereocenters. The molecule has 0 spiro atoms. The summed E-state index contributed by atoms with van der Waals surface area (Å²) in [6, 6.07) is 8.71. The summed E-state index contributed by atoms with van der Waals surface area (Å²) in [6.45, 7) is 11.2. The van der Waals surface area contributed by atoms with Crippen LogP contribution in [0.1, 0.15) is 50.7 Å². The highest BCUT2D eigenvalue weighted by molar-refractivity contribution is 5.73. The van der Waals surface area contributed by atoms with Gasteiger partial charge in [-0.25, -0.2) is 0 Å². The Balaban J connectivity index is 2.44. The molecular weight excluding hydrogens is 228 g/mol. The van der Waals surface area contributed by atoms with Crippen LogP contribution in [0, 0.1) is 5.41 Å². The Hall–Kier alpha value is -1.56. The summed E-state index contributed by atoms with van der Waals surface area (Å²) < 4.78 is 0. The molecule has 0 radical (unpaired) electrons. The van der Waals surface area contributed by atoms with Gasteiger partial charge in [-0.2, -0.15) is 0 Å². The van der Waals surface area contributed by atoms with E-state index in [1.54, 1.807) is 0 Å². The number of allylic oxidation sites excluding steroid dienone is 5. The zero-order valence-electron chi connectivity index (χ0n) is 12.3. The fourth-order valence-electron chi connectivity index (χ4n) is 2.91. The van der Waals surface area contributed by atoms with Crippen molar-refractivity contribution in [1.29, 1.82) is 0 Å². The van der Waals surface area contributed by atoms with Crippen molar-refractivity contribution in [2.24, 2.45) is 5.41 Å². The van der Waals surface area contributed by atoms with Gasteiger partial charge in [0.25, 0.3) is 0 Å². The fraction of sp³-hybridized carbons (Fsp3) is 0.368. The van der Waals surface area contributed by atoms with Gasteiger partial charge in [-0.05, 0) is 35.5 Å². The van der Waals surface area contributed by atoms with Crippen LogP contribution in [0.4, 0.5) is 0 Å². The maximum atomic E-state index is 4.45. The Labute approximate surface area is 117 Å². The molecule has 1 atom stereocenters. The van der Waals surface area contributed by atoms with E-state index in [1.165, 1.54) is 16.7 Å². The van der Waals surface area contributed by atoms with E-state index in [9.17, 15) is 0 Å². The van der Waals surface area contributed by atoms with Crippen LogP contribution in [-0.2, 0) is 0 Å². The Kier molecular flexibility index (Phi) is 4.09. The van der Waals surface area contributed by atoms with Crippen LogP contribution in [0.15, 0.2) is 55.1 Å². The van der Waals surface area contributed by atoms with Gasteiger partial charge in [0.1, 0.15) is 0 Å². The van der Waals surface area contributed by atoms with Gasteiger partial charge in [-0.15, -0.1) is 0 Å². The van der Waals surface area contributed by atoms with Crippen molar-refractivity contribution >= 4 is 5.57 Å². The van der Waals surface area contributed by atoms with Crippen LogP contribution >= 0.6 is 0 Å². The van der Waals surface area contributed by atoms with Crippen LogP contribution in [0.5, 0.6) is 0 Å². The SMILES string of the molecule is C=C(c1ccccc1C(C)C)C1(CC)C=CC=CC1. The minimum atomic E-state index is 0.0970. The maximum Gasteiger partial charge on any atom is 0.0167 e. The minimum Gasteiger partial charge on any atom is -0.0943 e. The van der Waals surface area contributed by atoms with Crippen molar-refractivity contribution in [3.63, 3.8) is 0 Å². The highest BCUT2D eigenvalue weighted by Crippen LogP contribution is 2.45. The normalized spacial score (nSPS) is 21.9. The Morgan fingerprint density at radius 3 is 2.58 bits per heavy atom. The van der Waals surface area contributed by atoms with Gasteiger partial charge in [0.15, 0.2) is 0 Å². The van der Waals surface area contributed by atoms with Gasteiger partial charge >= 0.3 is 0 Å². The molecule has 1 aliphatic rings. The average Bonchev–Trinajstić information content (AvgIpc) is 2.47. The Morgan fingerprint density at radius 1 is 1.26 bits per heavy atom. The molecule has 0 heterocycles. The van der Waals surface area contributed by atoms with E-state index in [-0.39, 0.29) is 5.41 Å². The highest BCUT2D eigenvalue weighted by atomic mass is 14.3. The zero-order valence-corrected chi connectivity index (χ0v) is 12.3. The van der Waals surface area contributed by atoms with Crippen molar-refractivity contribution in [3.8, 4) is 0 Å². The van der Waals surface area contributed by atoms with Crippen molar-refractivity contribution in [2.75, 3.05) is 0 Å². The van der Waals surface area contributed by atoms with Crippen molar-refractivity contribution < 1.29 is 0 Å². The molecule has 0 heteroatoms. The topological polar surface area (TPSA) is 0 Å². The van der Waals surface area contributed by atoms with Crippen molar-refractivity contribution in [2.45, 2.75) is 39.5 Å². The standard InChI is InChI=1S/C19H24/c1-5-19(13-9-6-10-14-19)16(4)18-12-8-7-11-17(18)15(2)3/h6-13,15H,4-5,14H2,1-3H3. The quantitative estimate of drug-likeness (QED) is 0.641. The molecular formula is C19H24. The molecule has 0 bridgehead atoms. The first-order valence-electron chi connectivity index (χ1n) is 7.24. The summed E-state index contributed by atoms with van der Waals surface area (Å²) in [5.41, 5.74) is 4.10. The van der Waals surface area contributed by atoms with Crippen LogP contribution in [-0.4, -0.2) is 0 Å². The number of benzene rings is 1. The maximum absolute atomic E-state index is 4.45. The third-order valence-corrected chi connectivity index (χ3v) is 4.28. The molecule has 0 N–H and O–H groups in total. The summed E-state index contributed by atoms with van der Waals surface area (Å²) in [5.74, 6) is 0.532. The smallest absolute Gasteiger partial charge is 0.0167 e. The van der Waals surface area contributed by atoms with Gasteiger partial charge in [0.05, 0.1) is 0 Å². The molecule has 1 aliphatic carbocycles. The summed E-state index contributed by atoms with van der Waals surface area (Å²) in [7, 11) is 0. The van der Waals surface area contributed by atoms with E-state index < -0.39 is 0 Å².